The summed E-state index contributed by atoms with van der Waals surface area (Å²) in [7, 11) is 0. The molecule has 0 bridgehead atoms. The van der Waals surface area contributed by atoms with Crippen molar-refractivity contribution in [3.05, 3.63) is 52.6 Å². The highest BCUT2D eigenvalue weighted by atomic mass is 32.2. The number of nitrogens with zero attached hydrogens (tertiary/aromatic N) is 1. The van der Waals surface area contributed by atoms with Crippen molar-refractivity contribution in [2.75, 3.05) is 6.26 Å². The second-order valence-corrected chi connectivity index (χ2v) is 6.85. The maximum absolute atomic E-state index is 12.3. The van der Waals surface area contributed by atoms with Crippen LogP contribution in [0.3, 0.4) is 0 Å². The third-order valence-electron chi connectivity index (χ3n) is 3.51. The quantitative estimate of drug-likeness (QED) is 0.647. The average Bonchev–Trinajstić information content (AvgIpc) is 3.02. The van der Waals surface area contributed by atoms with Crippen LogP contribution in [0.5, 0.6) is 0 Å². The van der Waals surface area contributed by atoms with Gasteiger partial charge in [0.2, 0.25) is 0 Å². The molecule has 0 saturated heterocycles. The van der Waals surface area contributed by atoms with Gasteiger partial charge in [-0.1, -0.05) is 12.1 Å². The number of thioether (sulfide) groups is 2. The molecular weight excluding hydrogens is 332 g/mol. The first-order valence-electron chi connectivity index (χ1n) is 6.89. The van der Waals surface area contributed by atoms with E-state index in [1.807, 2.05) is 30.5 Å². The Labute approximate surface area is 141 Å². The number of hydrogen-bond acceptors (Lipinski definition) is 5. The van der Waals surface area contributed by atoms with E-state index in [9.17, 15) is 14.7 Å². The molecule has 2 aliphatic rings. The van der Waals surface area contributed by atoms with Gasteiger partial charge in [0, 0.05) is 11.4 Å². The zero-order chi connectivity index (χ0) is 16.4. The Morgan fingerprint density at radius 1 is 1.39 bits per heavy atom. The number of nitrogens with one attached hydrogen (secondary N) is 1. The lowest BCUT2D eigenvalue weighted by Crippen LogP contribution is -2.34. The monoisotopic (exact) mass is 346 g/mol. The molecule has 3 rings (SSSR count). The van der Waals surface area contributed by atoms with Crippen LogP contribution in [0.2, 0.25) is 0 Å². The molecule has 23 heavy (non-hydrogen) atoms. The van der Waals surface area contributed by atoms with E-state index in [-0.39, 0.29) is 17.9 Å². The van der Waals surface area contributed by atoms with Gasteiger partial charge < -0.3 is 10.4 Å². The maximum atomic E-state index is 12.3. The number of carbonyl (C=O) groups excluding carboxylic acids is 2. The fourth-order valence-corrected chi connectivity index (χ4v) is 3.59. The molecule has 0 aliphatic carbocycles. The average molecular weight is 346 g/mol. The van der Waals surface area contributed by atoms with Crippen LogP contribution in [0.1, 0.15) is 5.56 Å². The first-order valence-corrected chi connectivity index (χ1v) is 9.06. The van der Waals surface area contributed by atoms with E-state index >= 15 is 0 Å². The minimum absolute atomic E-state index is 0.217. The molecule has 2 aliphatic heterocycles. The van der Waals surface area contributed by atoms with E-state index in [1.165, 1.54) is 11.8 Å². The fraction of sp³-hybridized carbons (Fsp3) is 0.188. The van der Waals surface area contributed by atoms with Crippen LogP contribution >= 0.6 is 23.5 Å². The minimum atomic E-state index is -0.698. The van der Waals surface area contributed by atoms with Crippen molar-refractivity contribution in [3.8, 4) is 0 Å². The number of dihydropyridines is 1. The van der Waals surface area contributed by atoms with Crippen molar-refractivity contribution < 1.29 is 14.7 Å². The van der Waals surface area contributed by atoms with Crippen molar-refractivity contribution >= 4 is 41.0 Å². The Balaban J connectivity index is 1.70. The van der Waals surface area contributed by atoms with Crippen molar-refractivity contribution in [1.82, 2.24) is 5.32 Å². The summed E-state index contributed by atoms with van der Waals surface area (Å²) in [5.41, 5.74) is 1.14. The number of carbonyl (C=O) groups is 2. The molecule has 0 radical (unpaired) electrons. The molecule has 2 N–H and O–H groups in total. The highest BCUT2D eigenvalue weighted by molar-refractivity contribution is 8.04. The fourth-order valence-electron chi connectivity index (χ4n) is 2.29. The van der Waals surface area contributed by atoms with Gasteiger partial charge in [-0.2, -0.15) is 0 Å². The van der Waals surface area contributed by atoms with E-state index in [0.29, 0.717) is 5.71 Å². The van der Waals surface area contributed by atoms with Gasteiger partial charge in [0.25, 0.3) is 11.8 Å². The molecule has 0 aromatic heterocycles. The lowest BCUT2D eigenvalue weighted by Gasteiger charge is -2.18. The molecule has 0 saturated carbocycles. The zero-order valence-corrected chi connectivity index (χ0v) is 13.9. The minimum Gasteiger partial charge on any atom is -0.510 e. The number of hydrogen-bond donors (Lipinski definition) is 2. The molecule has 2 heterocycles. The molecule has 1 aromatic rings. The van der Waals surface area contributed by atoms with Crippen molar-refractivity contribution in [3.63, 3.8) is 0 Å². The zero-order valence-electron chi connectivity index (χ0n) is 12.3. The highest BCUT2D eigenvalue weighted by Gasteiger charge is 2.36. The largest absolute Gasteiger partial charge is 0.510 e. The number of rotatable bonds is 4. The van der Waals surface area contributed by atoms with Crippen LogP contribution in [0.4, 0.5) is 0 Å². The van der Waals surface area contributed by atoms with Crippen molar-refractivity contribution in [1.29, 1.82) is 0 Å². The van der Waals surface area contributed by atoms with Gasteiger partial charge in [-0.15, -0.1) is 23.5 Å². The van der Waals surface area contributed by atoms with Crippen molar-refractivity contribution in [2.24, 2.45) is 4.99 Å². The summed E-state index contributed by atoms with van der Waals surface area (Å²) in [6.07, 6.45) is 3.66. The number of aliphatic hydroxyl groups is 1. The van der Waals surface area contributed by atoms with Crippen molar-refractivity contribution in [2.45, 2.75) is 16.7 Å². The van der Waals surface area contributed by atoms with Gasteiger partial charge in [0.05, 0.1) is 5.71 Å². The summed E-state index contributed by atoms with van der Waals surface area (Å²) >= 11 is 2.96. The summed E-state index contributed by atoms with van der Waals surface area (Å²) in [6, 6.07) is 7.75. The number of benzene rings is 1. The molecule has 5 nitrogen and oxygen atoms in total. The standard InChI is InChI=1S/C16H14N2O3S2/c1-22-10-4-2-9(3-5-10)8-17-15(20)12-13(19)14-11(6-7-23-14)18-16(12)21/h2-7,14,19H,8H2,1H3,(H,17,20). The van der Waals surface area contributed by atoms with Gasteiger partial charge >= 0.3 is 0 Å². The van der Waals surface area contributed by atoms with Gasteiger partial charge in [0.1, 0.15) is 16.6 Å². The Kier molecular flexibility index (Phi) is 4.58. The van der Waals surface area contributed by atoms with Gasteiger partial charge in [-0.3, -0.25) is 9.59 Å². The van der Waals surface area contributed by atoms with Crippen LogP contribution in [0.25, 0.3) is 0 Å². The highest BCUT2D eigenvalue weighted by Crippen LogP contribution is 2.32. The molecule has 7 heteroatoms. The predicted octanol–water partition coefficient (Wildman–Crippen LogP) is 2.45. The van der Waals surface area contributed by atoms with Crippen LogP contribution < -0.4 is 5.32 Å². The SMILES string of the molecule is CSc1ccc(CNC(=O)C2=C(O)C3SC=CC3=NC2=O)cc1. The summed E-state index contributed by atoms with van der Waals surface area (Å²) in [6.45, 7) is 0.282. The molecule has 0 spiro atoms. The first-order chi connectivity index (χ1) is 11.1. The summed E-state index contributed by atoms with van der Waals surface area (Å²) < 4.78 is 0. The summed E-state index contributed by atoms with van der Waals surface area (Å²) in [5.74, 6) is -1.52. The van der Waals surface area contributed by atoms with Gasteiger partial charge in [-0.25, -0.2) is 4.99 Å². The lowest BCUT2D eigenvalue weighted by molar-refractivity contribution is -0.122. The number of fused-ring (bicyclic) bond motifs is 1. The van der Waals surface area contributed by atoms with Crippen LogP contribution in [-0.2, 0) is 16.1 Å². The topological polar surface area (TPSA) is 78.8 Å². The summed E-state index contributed by atoms with van der Waals surface area (Å²) in [4.78, 5) is 29.2. The molecule has 1 aromatic carbocycles. The normalized spacial score (nSPS) is 19.6. The van der Waals surface area contributed by atoms with E-state index < -0.39 is 17.1 Å². The Morgan fingerprint density at radius 2 is 2.13 bits per heavy atom. The van der Waals surface area contributed by atoms with Gasteiger partial charge in [0.15, 0.2) is 0 Å². The number of amides is 2. The third kappa shape index (κ3) is 3.20. The Hall–Kier alpha value is -1.99. The maximum Gasteiger partial charge on any atom is 0.286 e. The smallest absolute Gasteiger partial charge is 0.286 e. The van der Waals surface area contributed by atoms with E-state index in [0.717, 1.165) is 10.5 Å². The summed E-state index contributed by atoms with van der Waals surface area (Å²) in [5, 5.41) is 14.2. The van der Waals surface area contributed by atoms with Crippen LogP contribution in [0.15, 0.2) is 57.0 Å². The second kappa shape index (κ2) is 6.64. The third-order valence-corrected chi connectivity index (χ3v) is 5.28. The number of aliphatic hydroxyl groups excluding tert-OH is 1. The molecule has 118 valence electrons. The first kappa shape index (κ1) is 15.9. The van der Waals surface area contributed by atoms with Gasteiger partial charge in [-0.05, 0) is 35.4 Å². The molecule has 0 fully saturated rings. The van der Waals surface area contributed by atoms with E-state index in [1.54, 1.807) is 23.2 Å². The van der Waals surface area contributed by atoms with E-state index in [2.05, 4.69) is 10.3 Å². The van der Waals surface area contributed by atoms with Crippen LogP contribution in [-0.4, -0.2) is 34.1 Å². The van der Waals surface area contributed by atoms with E-state index in [4.69, 9.17) is 0 Å². The second-order valence-electron chi connectivity index (χ2n) is 4.95. The lowest BCUT2D eigenvalue weighted by atomic mass is 10.0. The molecule has 2 amide bonds. The molecule has 1 unspecified atom stereocenters. The Bertz CT molecular complexity index is 751. The number of allylic oxidation sites excluding steroid dienone is 1. The predicted molar refractivity (Wildman–Crippen MR) is 92.7 cm³/mol. The van der Waals surface area contributed by atoms with Crippen LogP contribution in [0, 0.1) is 0 Å². The number of aliphatic imine (C=N–C) groups is 1. The molecule has 1 atom stereocenters. The molecular formula is C16H14N2O3S2. The Morgan fingerprint density at radius 3 is 2.83 bits per heavy atom.